The Kier molecular flexibility index (Phi) is 3.84. The van der Waals surface area contributed by atoms with Crippen molar-refractivity contribution in [2.75, 3.05) is 5.75 Å². The van der Waals surface area contributed by atoms with Gasteiger partial charge in [0, 0.05) is 11.7 Å². The number of hydrogen-bond acceptors (Lipinski definition) is 4. The van der Waals surface area contributed by atoms with Crippen LogP contribution in [0.15, 0.2) is 17.4 Å². The first kappa shape index (κ1) is 14.7. The van der Waals surface area contributed by atoms with Gasteiger partial charge in [0.15, 0.2) is 10.8 Å². The molecule has 1 saturated carbocycles. The molecule has 1 fully saturated rings. The van der Waals surface area contributed by atoms with Crippen LogP contribution in [0.4, 0.5) is 0 Å². The maximum absolute atomic E-state index is 10.9. The third-order valence-corrected chi connectivity index (χ3v) is 5.11. The fraction of sp³-hybridized carbons (Fsp3) is 0.500. The summed E-state index contributed by atoms with van der Waals surface area (Å²) in [5, 5.41) is 10.2. The van der Waals surface area contributed by atoms with E-state index in [9.17, 15) is 4.79 Å². The summed E-state index contributed by atoms with van der Waals surface area (Å²) in [6.45, 7) is 2.20. The minimum atomic E-state index is -0.846. The fourth-order valence-electron chi connectivity index (χ4n) is 2.99. The molecule has 3 rings (SSSR count). The van der Waals surface area contributed by atoms with Crippen molar-refractivity contribution < 1.29 is 9.90 Å². The highest BCUT2D eigenvalue weighted by atomic mass is 35.5. The molecule has 21 heavy (non-hydrogen) atoms. The minimum Gasteiger partial charge on any atom is -0.481 e. The highest BCUT2D eigenvalue weighted by Crippen LogP contribution is 2.41. The van der Waals surface area contributed by atoms with Crippen molar-refractivity contribution >= 4 is 40.5 Å². The van der Waals surface area contributed by atoms with Gasteiger partial charge in [0.1, 0.15) is 5.52 Å². The molecule has 2 aromatic heterocycles. The Morgan fingerprint density at radius 2 is 2.24 bits per heavy atom. The third kappa shape index (κ3) is 2.74. The summed E-state index contributed by atoms with van der Waals surface area (Å²) >= 11 is 7.23. The Labute approximate surface area is 131 Å². The van der Waals surface area contributed by atoms with Gasteiger partial charge in [0.2, 0.25) is 0 Å². The number of carboxylic acid groups (broad SMARTS) is 1. The van der Waals surface area contributed by atoms with Crippen LogP contribution in [-0.2, 0) is 10.3 Å². The van der Waals surface area contributed by atoms with E-state index in [-0.39, 0.29) is 11.3 Å². The average molecular weight is 326 g/mol. The standard InChI is InChI=1S/C14H16ClN3O2S/c1-14(4-2-3-5-14)18-12-10(6-9(15)7-16-12)17-13(18)21-8-11(19)20/h6-7H,2-5,8H2,1H3,(H,19,20). The van der Waals surface area contributed by atoms with Crippen molar-refractivity contribution in [1.82, 2.24) is 14.5 Å². The highest BCUT2D eigenvalue weighted by molar-refractivity contribution is 7.99. The topological polar surface area (TPSA) is 68.0 Å². The van der Waals surface area contributed by atoms with Crippen molar-refractivity contribution in [1.29, 1.82) is 0 Å². The predicted molar refractivity (Wildman–Crippen MR) is 83.0 cm³/mol. The zero-order valence-electron chi connectivity index (χ0n) is 11.7. The van der Waals surface area contributed by atoms with Crippen LogP contribution in [0.2, 0.25) is 5.02 Å². The summed E-state index contributed by atoms with van der Waals surface area (Å²) in [7, 11) is 0. The summed E-state index contributed by atoms with van der Waals surface area (Å²) in [5.41, 5.74) is 1.47. The molecule has 1 aliphatic carbocycles. The van der Waals surface area contributed by atoms with Gasteiger partial charge < -0.3 is 5.11 Å². The van der Waals surface area contributed by atoms with Crippen molar-refractivity contribution in [3.8, 4) is 0 Å². The predicted octanol–water partition coefficient (Wildman–Crippen LogP) is 3.55. The Hall–Kier alpha value is -1.27. The number of carboxylic acids is 1. The second kappa shape index (κ2) is 5.50. The molecule has 0 atom stereocenters. The van der Waals surface area contributed by atoms with Crippen LogP contribution in [0.1, 0.15) is 32.6 Å². The van der Waals surface area contributed by atoms with Crippen molar-refractivity contribution in [3.05, 3.63) is 17.3 Å². The molecule has 0 unspecified atom stereocenters. The summed E-state index contributed by atoms with van der Waals surface area (Å²) in [5.74, 6) is -0.853. The van der Waals surface area contributed by atoms with E-state index in [1.54, 1.807) is 12.3 Å². The number of nitrogens with zero attached hydrogens (tertiary/aromatic N) is 3. The van der Waals surface area contributed by atoms with Crippen LogP contribution in [0.25, 0.3) is 11.2 Å². The van der Waals surface area contributed by atoms with E-state index >= 15 is 0 Å². The number of carbonyl (C=O) groups is 1. The second-order valence-electron chi connectivity index (χ2n) is 5.61. The molecule has 0 radical (unpaired) electrons. The van der Waals surface area contributed by atoms with Crippen LogP contribution in [0, 0.1) is 0 Å². The minimum absolute atomic E-state index is 0.00681. The van der Waals surface area contributed by atoms with E-state index in [0.717, 1.165) is 24.0 Å². The molecule has 1 aliphatic rings. The molecule has 0 aromatic carbocycles. The number of thioether (sulfide) groups is 1. The highest BCUT2D eigenvalue weighted by Gasteiger charge is 2.34. The Morgan fingerprint density at radius 1 is 1.52 bits per heavy atom. The molecule has 7 heteroatoms. The number of hydrogen-bond donors (Lipinski definition) is 1. The van der Waals surface area contributed by atoms with E-state index in [1.165, 1.54) is 24.6 Å². The van der Waals surface area contributed by atoms with Crippen LogP contribution in [-0.4, -0.2) is 31.4 Å². The molecule has 0 spiro atoms. The SMILES string of the molecule is CC1(n2c(SCC(=O)O)nc3cc(Cl)cnc32)CCCC1. The van der Waals surface area contributed by atoms with Gasteiger partial charge >= 0.3 is 5.97 Å². The van der Waals surface area contributed by atoms with E-state index in [2.05, 4.69) is 21.5 Å². The van der Waals surface area contributed by atoms with Gasteiger partial charge in [-0.15, -0.1) is 0 Å². The van der Waals surface area contributed by atoms with Crippen LogP contribution in [0.5, 0.6) is 0 Å². The van der Waals surface area contributed by atoms with E-state index in [4.69, 9.17) is 16.7 Å². The molecule has 1 N–H and O–H groups in total. The quantitative estimate of drug-likeness (QED) is 0.871. The molecule has 0 amide bonds. The number of fused-ring (bicyclic) bond motifs is 1. The number of halogens is 1. The van der Waals surface area contributed by atoms with E-state index in [0.29, 0.717) is 10.2 Å². The number of aromatic nitrogens is 3. The first-order valence-electron chi connectivity index (χ1n) is 6.89. The summed E-state index contributed by atoms with van der Waals surface area (Å²) in [6.07, 6.45) is 6.08. The third-order valence-electron chi connectivity index (χ3n) is 3.98. The zero-order chi connectivity index (χ0) is 15.0. The van der Waals surface area contributed by atoms with Gasteiger partial charge in [-0.2, -0.15) is 0 Å². The zero-order valence-corrected chi connectivity index (χ0v) is 13.2. The maximum atomic E-state index is 10.9. The molecule has 0 saturated heterocycles. The summed E-state index contributed by atoms with van der Waals surface area (Å²) in [4.78, 5) is 19.8. The van der Waals surface area contributed by atoms with Crippen LogP contribution in [0.3, 0.4) is 0 Å². The van der Waals surface area contributed by atoms with Gasteiger partial charge in [-0.1, -0.05) is 36.2 Å². The van der Waals surface area contributed by atoms with Gasteiger partial charge in [0.05, 0.1) is 10.8 Å². The lowest BCUT2D eigenvalue weighted by molar-refractivity contribution is -0.133. The van der Waals surface area contributed by atoms with Gasteiger partial charge in [-0.05, 0) is 25.8 Å². The number of imidazole rings is 1. The van der Waals surface area contributed by atoms with Crippen LogP contribution < -0.4 is 0 Å². The molecular weight excluding hydrogens is 310 g/mol. The lowest BCUT2D eigenvalue weighted by atomic mass is 10.0. The van der Waals surface area contributed by atoms with Gasteiger partial charge in [0.25, 0.3) is 0 Å². The first-order chi connectivity index (χ1) is 9.99. The average Bonchev–Trinajstić information content (AvgIpc) is 3.00. The summed E-state index contributed by atoms with van der Waals surface area (Å²) < 4.78 is 2.11. The fourth-order valence-corrected chi connectivity index (χ4v) is 3.99. The van der Waals surface area contributed by atoms with Crippen LogP contribution >= 0.6 is 23.4 Å². The maximum Gasteiger partial charge on any atom is 0.313 e. The molecule has 0 bridgehead atoms. The van der Waals surface area contributed by atoms with E-state index < -0.39 is 5.97 Å². The Bertz CT molecular complexity index is 695. The molecular formula is C14H16ClN3O2S. The summed E-state index contributed by atoms with van der Waals surface area (Å²) in [6, 6.07) is 1.78. The monoisotopic (exact) mass is 325 g/mol. The van der Waals surface area contributed by atoms with Crippen molar-refractivity contribution in [2.24, 2.45) is 0 Å². The van der Waals surface area contributed by atoms with E-state index in [1.807, 2.05) is 0 Å². The van der Waals surface area contributed by atoms with Crippen molar-refractivity contribution in [3.63, 3.8) is 0 Å². The molecule has 2 aromatic rings. The molecule has 0 aliphatic heterocycles. The molecule has 2 heterocycles. The molecule has 5 nitrogen and oxygen atoms in total. The Morgan fingerprint density at radius 3 is 2.90 bits per heavy atom. The lowest BCUT2D eigenvalue weighted by Gasteiger charge is -2.27. The smallest absolute Gasteiger partial charge is 0.313 e. The lowest BCUT2D eigenvalue weighted by Crippen LogP contribution is -2.27. The largest absolute Gasteiger partial charge is 0.481 e. The van der Waals surface area contributed by atoms with Gasteiger partial charge in [-0.25, -0.2) is 9.97 Å². The number of rotatable bonds is 4. The first-order valence-corrected chi connectivity index (χ1v) is 8.25. The number of aliphatic carboxylic acids is 1. The van der Waals surface area contributed by atoms with Gasteiger partial charge in [-0.3, -0.25) is 9.36 Å². The normalized spacial score (nSPS) is 17.4. The Balaban J connectivity index is 2.13. The van der Waals surface area contributed by atoms with Crippen molar-refractivity contribution in [2.45, 2.75) is 43.3 Å². The second-order valence-corrected chi connectivity index (χ2v) is 6.99. The number of pyridine rings is 1. The molecule has 112 valence electrons.